The van der Waals surface area contributed by atoms with Gasteiger partial charge in [-0.25, -0.2) is 4.98 Å². The highest BCUT2D eigenvalue weighted by molar-refractivity contribution is 5.91. The molecule has 3 rings (SSSR count). The Bertz CT molecular complexity index is 555. The molecule has 1 aliphatic rings. The Morgan fingerprint density at radius 3 is 3.06 bits per heavy atom. The molecule has 0 amide bonds. The third kappa shape index (κ3) is 1.38. The summed E-state index contributed by atoms with van der Waals surface area (Å²) in [5.74, 6) is 0.635. The molecule has 0 unspecified atom stereocenters. The summed E-state index contributed by atoms with van der Waals surface area (Å²) in [6.07, 6.45) is 5.08. The third-order valence-electron chi connectivity index (χ3n) is 2.87. The molecule has 4 nitrogen and oxygen atoms in total. The summed E-state index contributed by atoms with van der Waals surface area (Å²) in [7, 11) is 1.85. The number of pyridine rings is 1. The van der Waals surface area contributed by atoms with Gasteiger partial charge in [-0.15, -0.1) is 0 Å². The molecular weight excluding hydrogens is 204 g/mol. The van der Waals surface area contributed by atoms with Crippen molar-refractivity contribution in [2.45, 2.75) is 18.9 Å². The molecule has 0 saturated heterocycles. The first-order valence-electron chi connectivity index (χ1n) is 5.36. The second-order valence-corrected chi connectivity index (χ2v) is 4.12. The maximum atomic E-state index is 10.9. The van der Waals surface area contributed by atoms with Crippen molar-refractivity contribution in [1.29, 1.82) is 0 Å². The Labute approximate surface area is 92.8 Å². The summed E-state index contributed by atoms with van der Waals surface area (Å²) >= 11 is 0. The van der Waals surface area contributed by atoms with Crippen LogP contribution in [0.3, 0.4) is 0 Å². The van der Waals surface area contributed by atoms with Gasteiger partial charge in [-0.3, -0.25) is 4.79 Å². The molecule has 0 spiro atoms. The van der Waals surface area contributed by atoms with Crippen molar-refractivity contribution in [3.05, 3.63) is 24.0 Å². The Morgan fingerprint density at radius 1 is 1.56 bits per heavy atom. The van der Waals surface area contributed by atoms with Gasteiger partial charge in [-0.05, 0) is 25.0 Å². The van der Waals surface area contributed by atoms with Gasteiger partial charge < -0.3 is 9.30 Å². The molecule has 0 aromatic carbocycles. The van der Waals surface area contributed by atoms with Gasteiger partial charge in [0.1, 0.15) is 11.6 Å². The van der Waals surface area contributed by atoms with Crippen molar-refractivity contribution in [3.8, 4) is 5.88 Å². The molecule has 0 bridgehead atoms. The van der Waals surface area contributed by atoms with Crippen molar-refractivity contribution in [3.63, 3.8) is 0 Å². The first-order chi connectivity index (χ1) is 7.79. The zero-order chi connectivity index (χ0) is 11.1. The lowest BCUT2D eigenvalue weighted by atomic mass is 10.3. The standard InChI is InChI=1S/C12H12N2O2/c1-14-9(7-15)6-8-4-5-13-12(11(8)14)16-10-2-3-10/h4-7,10H,2-3H2,1H3. The number of aldehydes is 1. The lowest BCUT2D eigenvalue weighted by Gasteiger charge is -2.06. The van der Waals surface area contributed by atoms with Crippen molar-refractivity contribution in [2.75, 3.05) is 0 Å². The quantitative estimate of drug-likeness (QED) is 0.736. The van der Waals surface area contributed by atoms with Gasteiger partial charge in [-0.2, -0.15) is 0 Å². The first kappa shape index (κ1) is 9.39. The fourth-order valence-corrected chi connectivity index (χ4v) is 1.83. The normalized spacial score (nSPS) is 15.3. The van der Waals surface area contributed by atoms with E-state index in [4.69, 9.17) is 4.74 Å². The fraction of sp³-hybridized carbons (Fsp3) is 0.333. The minimum absolute atomic E-state index is 0.313. The van der Waals surface area contributed by atoms with E-state index in [9.17, 15) is 4.79 Å². The SMILES string of the molecule is Cn1c(C=O)cc2ccnc(OC3CC3)c21. The highest BCUT2D eigenvalue weighted by Crippen LogP contribution is 2.31. The topological polar surface area (TPSA) is 44.1 Å². The summed E-state index contributed by atoms with van der Waals surface area (Å²) in [5.41, 5.74) is 1.54. The summed E-state index contributed by atoms with van der Waals surface area (Å²) in [4.78, 5) is 15.1. The molecule has 2 heterocycles. The highest BCUT2D eigenvalue weighted by Gasteiger charge is 2.25. The van der Waals surface area contributed by atoms with E-state index in [1.165, 1.54) is 0 Å². The Balaban J connectivity index is 2.18. The largest absolute Gasteiger partial charge is 0.473 e. The first-order valence-corrected chi connectivity index (χ1v) is 5.36. The summed E-state index contributed by atoms with van der Waals surface area (Å²) in [5, 5.41) is 0.996. The minimum Gasteiger partial charge on any atom is -0.473 e. The van der Waals surface area contributed by atoms with Crippen LogP contribution in [0.5, 0.6) is 5.88 Å². The fourth-order valence-electron chi connectivity index (χ4n) is 1.83. The molecule has 0 aliphatic heterocycles. The van der Waals surface area contributed by atoms with Gasteiger partial charge in [0.05, 0.1) is 5.69 Å². The lowest BCUT2D eigenvalue weighted by Crippen LogP contribution is -2.01. The van der Waals surface area contributed by atoms with Crippen LogP contribution in [0.4, 0.5) is 0 Å². The second kappa shape index (κ2) is 3.33. The number of aryl methyl sites for hydroxylation is 1. The van der Waals surface area contributed by atoms with E-state index < -0.39 is 0 Å². The van der Waals surface area contributed by atoms with Gasteiger partial charge in [-0.1, -0.05) is 0 Å². The Kier molecular flexibility index (Phi) is 1.96. The molecule has 1 saturated carbocycles. The predicted molar refractivity (Wildman–Crippen MR) is 59.8 cm³/mol. The number of aromatic nitrogens is 2. The summed E-state index contributed by atoms with van der Waals surface area (Å²) in [6.45, 7) is 0. The summed E-state index contributed by atoms with van der Waals surface area (Å²) < 4.78 is 7.56. The number of ether oxygens (including phenoxy) is 1. The van der Waals surface area contributed by atoms with Gasteiger partial charge in [0.25, 0.3) is 0 Å². The van der Waals surface area contributed by atoms with E-state index in [2.05, 4.69) is 4.98 Å². The van der Waals surface area contributed by atoms with E-state index >= 15 is 0 Å². The summed E-state index contributed by atoms with van der Waals surface area (Å²) in [6, 6.07) is 3.74. The minimum atomic E-state index is 0.313. The van der Waals surface area contributed by atoms with E-state index in [0.29, 0.717) is 17.7 Å². The molecule has 82 valence electrons. The van der Waals surface area contributed by atoms with Crippen molar-refractivity contribution < 1.29 is 9.53 Å². The van der Waals surface area contributed by atoms with Gasteiger partial charge in [0, 0.05) is 18.6 Å². The smallest absolute Gasteiger partial charge is 0.238 e. The van der Waals surface area contributed by atoms with Gasteiger partial charge in [0.2, 0.25) is 5.88 Å². The van der Waals surface area contributed by atoms with Crippen molar-refractivity contribution >= 4 is 17.2 Å². The van der Waals surface area contributed by atoms with Crippen LogP contribution < -0.4 is 4.74 Å². The monoisotopic (exact) mass is 216 g/mol. The lowest BCUT2D eigenvalue weighted by molar-refractivity contribution is 0.111. The molecule has 4 heteroatoms. The van der Waals surface area contributed by atoms with Gasteiger partial charge in [0.15, 0.2) is 6.29 Å². The van der Waals surface area contributed by atoms with Crippen LogP contribution in [0.15, 0.2) is 18.3 Å². The molecule has 0 atom stereocenters. The zero-order valence-corrected chi connectivity index (χ0v) is 9.01. The van der Waals surface area contributed by atoms with Crippen LogP contribution in [0.2, 0.25) is 0 Å². The molecule has 2 aromatic heterocycles. The number of fused-ring (bicyclic) bond motifs is 1. The van der Waals surface area contributed by atoms with Gasteiger partial charge >= 0.3 is 0 Å². The number of hydrogen-bond acceptors (Lipinski definition) is 3. The van der Waals surface area contributed by atoms with Crippen LogP contribution in [0.25, 0.3) is 10.9 Å². The predicted octanol–water partition coefficient (Wildman–Crippen LogP) is 1.93. The van der Waals surface area contributed by atoms with E-state index in [1.807, 2.05) is 23.7 Å². The molecule has 16 heavy (non-hydrogen) atoms. The Hall–Kier alpha value is -1.84. The van der Waals surface area contributed by atoms with Crippen LogP contribution in [-0.4, -0.2) is 21.9 Å². The molecule has 1 fully saturated rings. The second-order valence-electron chi connectivity index (χ2n) is 4.12. The molecule has 1 aliphatic carbocycles. The van der Waals surface area contributed by atoms with E-state index in [0.717, 1.165) is 30.0 Å². The Morgan fingerprint density at radius 2 is 2.38 bits per heavy atom. The average Bonchev–Trinajstić information content (AvgIpc) is 3.03. The maximum Gasteiger partial charge on any atom is 0.238 e. The third-order valence-corrected chi connectivity index (χ3v) is 2.87. The zero-order valence-electron chi connectivity index (χ0n) is 9.01. The number of carbonyl (C=O) groups is 1. The van der Waals surface area contributed by atoms with Crippen molar-refractivity contribution in [2.24, 2.45) is 7.05 Å². The number of hydrogen-bond donors (Lipinski definition) is 0. The van der Waals surface area contributed by atoms with Crippen LogP contribution >= 0.6 is 0 Å². The van der Waals surface area contributed by atoms with Crippen molar-refractivity contribution in [1.82, 2.24) is 9.55 Å². The van der Waals surface area contributed by atoms with Crippen LogP contribution in [-0.2, 0) is 7.05 Å². The molecule has 2 aromatic rings. The number of rotatable bonds is 3. The maximum absolute atomic E-state index is 10.9. The number of carbonyl (C=O) groups excluding carboxylic acids is 1. The molecule has 0 radical (unpaired) electrons. The highest BCUT2D eigenvalue weighted by atomic mass is 16.5. The van der Waals surface area contributed by atoms with Crippen LogP contribution in [0.1, 0.15) is 23.3 Å². The number of nitrogens with zero attached hydrogens (tertiary/aromatic N) is 2. The molecule has 0 N–H and O–H groups in total. The van der Waals surface area contributed by atoms with E-state index in [-0.39, 0.29) is 0 Å². The molecular formula is C12H12N2O2. The average molecular weight is 216 g/mol. The van der Waals surface area contributed by atoms with Crippen LogP contribution in [0, 0.1) is 0 Å². The van der Waals surface area contributed by atoms with E-state index in [1.54, 1.807) is 6.20 Å².